The third-order valence-electron chi connectivity index (χ3n) is 2.03. The van der Waals surface area contributed by atoms with Gasteiger partial charge in [-0.15, -0.1) is 0 Å². The molecule has 1 heterocycles. The normalized spacial score (nSPS) is 15.1. The number of benzene rings is 1. The largest absolute Gasteiger partial charge is 0.508 e. The Hall–Kier alpha value is -2.30. The average Bonchev–Trinajstić information content (AvgIpc) is 2.45. The van der Waals surface area contributed by atoms with Crippen LogP contribution in [0.1, 0.15) is 5.56 Å². The Morgan fingerprint density at radius 2 is 1.87 bits per heavy atom. The summed E-state index contributed by atoms with van der Waals surface area (Å²) in [5.41, 5.74) is 0.314. The fourth-order valence-electron chi connectivity index (χ4n) is 1.36. The molecule has 0 saturated carbocycles. The third-order valence-corrected chi connectivity index (χ3v) is 2.03. The molecule has 0 spiro atoms. The van der Waals surface area contributed by atoms with E-state index < -0.39 is 11.8 Å². The first-order valence-corrected chi connectivity index (χ1v) is 4.17. The van der Waals surface area contributed by atoms with Gasteiger partial charge in [-0.25, -0.2) is 0 Å². The highest BCUT2D eigenvalue weighted by molar-refractivity contribution is 6.33. The van der Waals surface area contributed by atoms with Crippen molar-refractivity contribution < 1.29 is 19.8 Å². The Morgan fingerprint density at radius 1 is 1.13 bits per heavy atom. The lowest BCUT2D eigenvalue weighted by molar-refractivity contribution is -0.123. The maximum absolute atomic E-state index is 11.2. The van der Waals surface area contributed by atoms with E-state index in [1.54, 1.807) is 0 Å². The van der Waals surface area contributed by atoms with Crippen LogP contribution in [0.2, 0.25) is 0 Å². The minimum Gasteiger partial charge on any atom is -0.508 e. The van der Waals surface area contributed by atoms with Crippen LogP contribution >= 0.6 is 0 Å². The molecule has 5 heteroatoms. The zero-order valence-electron chi connectivity index (χ0n) is 7.52. The molecule has 5 nitrogen and oxygen atoms in total. The number of phenolic OH excluding ortho intramolecular Hbond substituents is 2. The number of nitrogens with one attached hydrogen (secondary N) is 1. The van der Waals surface area contributed by atoms with Crippen molar-refractivity contribution in [3.05, 3.63) is 29.8 Å². The number of amides is 2. The highest BCUT2D eigenvalue weighted by Gasteiger charge is 2.24. The number of hydrogen-bond acceptors (Lipinski definition) is 4. The van der Waals surface area contributed by atoms with Gasteiger partial charge in [0.2, 0.25) is 0 Å². The summed E-state index contributed by atoms with van der Waals surface area (Å²) in [5, 5.41) is 20.6. The summed E-state index contributed by atoms with van der Waals surface area (Å²) in [6, 6.07) is 3.80. The van der Waals surface area contributed by atoms with Gasteiger partial charge in [-0.1, -0.05) is 0 Å². The molecule has 3 N–H and O–H groups in total. The number of aromatic hydroxyl groups is 2. The Morgan fingerprint density at radius 3 is 2.40 bits per heavy atom. The monoisotopic (exact) mass is 205 g/mol. The minimum atomic E-state index is -0.555. The molecule has 15 heavy (non-hydrogen) atoms. The zero-order valence-corrected chi connectivity index (χ0v) is 7.52. The van der Waals surface area contributed by atoms with Crippen molar-refractivity contribution >= 4 is 17.4 Å². The third kappa shape index (κ3) is 1.54. The van der Waals surface area contributed by atoms with Crippen molar-refractivity contribution in [1.82, 2.24) is 5.32 Å². The van der Waals surface area contributed by atoms with Crippen LogP contribution in [0.5, 0.6) is 11.5 Å². The van der Waals surface area contributed by atoms with Crippen molar-refractivity contribution in [2.24, 2.45) is 0 Å². The highest BCUT2D eigenvalue weighted by Crippen LogP contribution is 2.29. The molecule has 0 atom stereocenters. The van der Waals surface area contributed by atoms with Crippen LogP contribution in [0.15, 0.2) is 24.3 Å². The van der Waals surface area contributed by atoms with Gasteiger partial charge in [0.15, 0.2) is 0 Å². The fourth-order valence-corrected chi connectivity index (χ4v) is 1.36. The molecule has 1 aromatic rings. The first-order valence-electron chi connectivity index (χ1n) is 4.17. The maximum Gasteiger partial charge on any atom is 0.259 e. The van der Waals surface area contributed by atoms with E-state index in [2.05, 4.69) is 5.32 Å². The van der Waals surface area contributed by atoms with Gasteiger partial charge < -0.3 is 10.2 Å². The Kier molecular flexibility index (Phi) is 1.93. The average molecular weight is 205 g/mol. The number of imide groups is 1. The van der Waals surface area contributed by atoms with Gasteiger partial charge in [-0.2, -0.15) is 0 Å². The van der Waals surface area contributed by atoms with Crippen LogP contribution in [0.25, 0.3) is 5.57 Å². The Labute approximate surface area is 84.7 Å². The number of hydrogen-bond donors (Lipinski definition) is 3. The molecule has 76 valence electrons. The van der Waals surface area contributed by atoms with Crippen molar-refractivity contribution in [2.75, 3.05) is 0 Å². The fraction of sp³-hybridized carbons (Fsp3) is 0. The molecule has 0 unspecified atom stereocenters. The predicted molar refractivity (Wildman–Crippen MR) is 50.9 cm³/mol. The van der Waals surface area contributed by atoms with E-state index >= 15 is 0 Å². The number of rotatable bonds is 1. The van der Waals surface area contributed by atoms with Crippen LogP contribution < -0.4 is 5.32 Å². The van der Waals surface area contributed by atoms with Gasteiger partial charge >= 0.3 is 0 Å². The number of phenols is 2. The lowest BCUT2D eigenvalue weighted by Gasteiger charge is -2.03. The molecule has 0 fully saturated rings. The van der Waals surface area contributed by atoms with Crippen LogP contribution in [0, 0.1) is 0 Å². The van der Waals surface area contributed by atoms with Crippen LogP contribution in [-0.2, 0) is 9.59 Å². The van der Waals surface area contributed by atoms with Crippen molar-refractivity contribution in [2.45, 2.75) is 0 Å². The molecule has 2 amide bonds. The molecule has 2 rings (SSSR count). The Balaban J connectivity index is 2.51. The molecule has 0 bridgehead atoms. The van der Waals surface area contributed by atoms with E-state index in [1.807, 2.05) is 0 Å². The summed E-state index contributed by atoms with van der Waals surface area (Å²) < 4.78 is 0. The van der Waals surface area contributed by atoms with Gasteiger partial charge in [-0.05, 0) is 12.1 Å². The second kappa shape index (κ2) is 3.13. The SMILES string of the molecule is O=C1C=C(c2ccc(O)cc2O)C(=O)N1. The van der Waals surface area contributed by atoms with E-state index in [0.717, 1.165) is 12.1 Å². The van der Waals surface area contributed by atoms with Crippen molar-refractivity contribution in [3.8, 4) is 11.5 Å². The number of carbonyl (C=O) groups is 2. The second-order valence-corrected chi connectivity index (χ2v) is 3.08. The summed E-state index contributed by atoms with van der Waals surface area (Å²) in [4.78, 5) is 22.1. The molecule has 0 saturated heterocycles. The summed E-state index contributed by atoms with van der Waals surface area (Å²) in [7, 11) is 0. The molecule has 0 aromatic heterocycles. The molecular weight excluding hydrogens is 198 g/mol. The van der Waals surface area contributed by atoms with E-state index in [0.29, 0.717) is 0 Å². The minimum absolute atomic E-state index is 0.0949. The van der Waals surface area contributed by atoms with Gasteiger partial charge in [-0.3, -0.25) is 14.9 Å². The molecular formula is C10H7NO4. The molecule has 0 radical (unpaired) electrons. The Bertz CT molecular complexity index is 490. The summed E-state index contributed by atoms with van der Waals surface area (Å²) in [5.74, 6) is -1.42. The standard InChI is InChI=1S/C10H7NO4/c12-5-1-2-6(8(13)3-5)7-4-9(14)11-10(7)15/h1-4,12-13H,(H,11,14,15). The summed E-state index contributed by atoms with van der Waals surface area (Å²) in [6.07, 6.45) is 1.11. The van der Waals surface area contributed by atoms with E-state index in [1.165, 1.54) is 12.1 Å². The highest BCUT2D eigenvalue weighted by atomic mass is 16.3. The summed E-state index contributed by atoms with van der Waals surface area (Å²) >= 11 is 0. The second-order valence-electron chi connectivity index (χ2n) is 3.08. The summed E-state index contributed by atoms with van der Waals surface area (Å²) in [6.45, 7) is 0. The van der Waals surface area contributed by atoms with Crippen molar-refractivity contribution in [3.63, 3.8) is 0 Å². The molecule has 1 aliphatic heterocycles. The van der Waals surface area contributed by atoms with Crippen LogP contribution in [0.3, 0.4) is 0 Å². The van der Waals surface area contributed by atoms with E-state index in [9.17, 15) is 14.7 Å². The lowest BCUT2D eigenvalue weighted by atomic mass is 10.1. The molecule has 1 aromatic carbocycles. The lowest BCUT2D eigenvalue weighted by Crippen LogP contribution is -2.21. The van der Waals surface area contributed by atoms with Gasteiger partial charge in [0.25, 0.3) is 11.8 Å². The van der Waals surface area contributed by atoms with Crippen LogP contribution in [0.4, 0.5) is 0 Å². The van der Waals surface area contributed by atoms with Gasteiger partial charge in [0.05, 0.1) is 5.57 Å². The molecule has 1 aliphatic rings. The first-order chi connectivity index (χ1) is 7.08. The first kappa shape index (κ1) is 9.26. The van der Waals surface area contributed by atoms with E-state index in [4.69, 9.17) is 5.11 Å². The smallest absolute Gasteiger partial charge is 0.259 e. The van der Waals surface area contributed by atoms with E-state index in [-0.39, 0.29) is 22.6 Å². The van der Waals surface area contributed by atoms with Gasteiger partial charge in [0.1, 0.15) is 11.5 Å². The number of carbonyl (C=O) groups excluding carboxylic acids is 2. The topological polar surface area (TPSA) is 86.6 Å². The predicted octanol–water partition coefficient (Wildman–Crippen LogP) is 0.138. The van der Waals surface area contributed by atoms with Crippen LogP contribution in [-0.4, -0.2) is 22.0 Å². The van der Waals surface area contributed by atoms with Gasteiger partial charge in [0, 0.05) is 17.7 Å². The molecule has 0 aliphatic carbocycles. The van der Waals surface area contributed by atoms with Crippen molar-refractivity contribution in [1.29, 1.82) is 0 Å². The quantitative estimate of drug-likeness (QED) is 0.569. The zero-order chi connectivity index (χ0) is 11.0. The maximum atomic E-state index is 11.2.